The first-order valence-electron chi connectivity index (χ1n) is 7.33. The summed E-state index contributed by atoms with van der Waals surface area (Å²) in [6.07, 6.45) is 1.78. The maximum atomic E-state index is 12.8. The van der Waals surface area contributed by atoms with Gasteiger partial charge in [-0.15, -0.1) is 0 Å². The molecule has 3 heteroatoms. The molecule has 113 valence electrons. The van der Waals surface area contributed by atoms with Gasteiger partial charge < -0.3 is 4.90 Å². The van der Waals surface area contributed by atoms with E-state index in [9.17, 15) is 4.79 Å². The van der Waals surface area contributed by atoms with E-state index in [-0.39, 0.29) is 5.78 Å². The zero-order valence-electron chi connectivity index (χ0n) is 13.7. The van der Waals surface area contributed by atoms with Crippen LogP contribution in [0.15, 0.2) is 49.0 Å². The van der Waals surface area contributed by atoms with Gasteiger partial charge in [0.2, 0.25) is 0 Å². The number of rotatable bonds is 5. The van der Waals surface area contributed by atoms with E-state index >= 15 is 0 Å². The van der Waals surface area contributed by atoms with E-state index in [1.165, 1.54) is 5.19 Å². The second-order valence-electron chi connectivity index (χ2n) is 5.78. The molecule has 0 atom stereocenters. The van der Waals surface area contributed by atoms with Gasteiger partial charge in [-0.3, -0.25) is 4.79 Å². The highest BCUT2D eigenvalue weighted by atomic mass is 28.3. The van der Waals surface area contributed by atoms with Crippen molar-refractivity contribution in [3.63, 3.8) is 0 Å². The first kappa shape index (κ1) is 16.2. The van der Waals surface area contributed by atoms with Crippen LogP contribution < -0.4 is 10.1 Å². The zero-order valence-corrected chi connectivity index (χ0v) is 14.7. The van der Waals surface area contributed by atoms with Crippen LogP contribution in [0.1, 0.15) is 21.5 Å². The molecule has 0 aliphatic rings. The van der Waals surface area contributed by atoms with E-state index in [2.05, 4.69) is 30.6 Å². The molecular formula is C19H22NOSi. The highest BCUT2D eigenvalue weighted by Crippen LogP contribution is 2.16. The third kappa shape index (κ3) is 3.36. The summed E-state index contributed by atoms with van der Waals surface area (Å²) in [5, 5.41) is 1.19. The van der Waals surface area contributed by atoms with Crippen molar-refractivity contribution in [3.8, 4) is 0 Å². The van der Waals surface area contributed by atoms with Crippen LogP contribution in [0.3, 0.4) is 0 Å². The molecule has 0 saturated carbocycles. The Hall–Kier alpha value is -2.13. The van der Waals surface area contributed by atoms with E-state index in [4.69, 9.17) is 0 Å². The average molecular weight is 308 g/mol. The van der Waals surface area contributed by atoms with E-state index < -0.39 is 8.80 Å². The van der Waals surface area contributed by atoms with Crippen molar-refractivity contribution in [1.82, 2.24) is 0 Å². The first-order valence-corrected chi connectivity index (χ1v) is 9.83. The summed E-state index contributed by atoms with van der Waals surface area (Å²) in [6, 6.07) is 13.7. The number of hydrogen-bond donors (Lipinski definition) is 0. The Morgan fingerprint density at radius 1 is 1.09 bits per heavy atom. The van der Waals surface area contributed by atoms with Gasteiger partial charge in [0.15, 0.2) is 5.78 Å². The fraction of sp³-hybridized carbons (Fsp3) is 0.211. The summed E-state index contributed by atoms with van der Waals surface area (Å²) in [7, 11) is 3.32. The maximum absolute atomic E-state index is 12.8. The van der Waals surface area contributed by atoms with Crippen molar-refractivity contribution in [1.29, 1.82) is 0 Å². The molecule has 0 bridgehead atoms. The lowest BCUT2D eigenvalue weighted by atomic mass is 10.0. The van der Waals surface area contributed by atoms with Crippen molar-refractivity contribution >= 4 is 31.5 Å². The van der Waals surface area contributed by atoms with Gasteiger partial charge in [0.25, 0.3) is 0 Å². The van der Waals surface area contributed by atoms with Crippen LogP contribution in [-0.2, 0) is 0 Å². The number of carbonyl (C=O) groups is 1. The third-order valence-electron chi connectivity index (χ3n) is 3.71. The van der Waals surface area contributed by atoms with Gasteiger partial charge in [0.05, 0.1) is 8.80 Å². The van der Waals surface area contributed by atoms with E-state index in [0.717, 1.165) is 22.4 Å². The Labute approximate surface area is 134 Å². The number of hydrogen-bond acceptors (Lipinski definition) is 2. The lowest BCUT2D eigenvalue weighted by Crippen LogP contribution is -2.30. The van der Waals surface area contributed by atoms with Crippen molar-refractivity contribution in [2.24, 2.45) is 0 Å². The second-order valence-corrected chi connectivity index (χ2v) is 8.32. The minimum absolute atomic E-state index is 0.0992. The molecule has 0 heterocycles. The largest absolute Gasteiger partial charge is 0.378 e. The molecule has 22 heavy (non-hydrogen) atoms. The molecule has 2 aromatic rings. The normalized spacial score (nSPS) is 10.6. The van der Waals surface area contributed by atoms with E-state index in [1.807, 2.05) is 50.5 Å². The molecule has 0 saturated heterocycles. The molecule has 0 aromatic heterocycles. The van der Waals surface area contributed by atoms with E-state index in [1.54, 1.807) is 6.08 Å². The van der Waals surface area contributed by atoms with Gasteiger partial charge in [0.1, 0.15) is 0 Å². The number of carbonyl (C=O) groups excluding carboxylic acids is 1. The molecule has 0 fully saturated rings. The standard InChI is InChI=1S/C19H22NOSi/c1-6-14-7-9-15(10-8-14)19(21)17-12-11-16(20(2)3)13-18(17)22(4)5/h6-13H,1H2,2-5H3. The number of nitrogens with zero attached hydrogens (tertiary/aromatic N) is 1. The van der Waals surface area contributed by atoms with Crippen LogP contribution >= 0.6 is 0 Å². The summed E-state index contributed by atoms with van der Waals surface area (Å²) >= 11 is 0. The Kier molecular flexibility index (Phi) is 4.98. The fourth-order valence-corrected chi connectivity index (χ4v) is 3.52. The van der Waals surface area contributed by atoms with Gasteiger partial charge in [0, 0.05) is 30.9 Å². The summed E-state index contributed by atoms with van der Waals surface area (Å²) < 4.78 is 0. The molecule has 0 unspecified atom stereocenters. The molecule has 2 rings (SSSR count). The summed E-state index contributed by atoms with van der Waals surface area (Å²) in [6.45, 7) is 8.18. The van der Waals surface area contributed by atoms with Crippen LogP contribution in [0.5, 0.6) is 0 Å². The van der Waals surface area contributed by atoms with Gasteiger partial charge in [-0.1, -0.05) is 50.0 Å². The molecule has 1 radical (unpaired) electrons. The fourth-order valence-electron chi connectivity index (χ4n) is 2.35. The predicted molar refractivity (Wildman–Crippen MR) is 97.9 cm³/mol. The number of benzene rings is 2. The van der Waals surface area contributed by atoms with Gasteiger partial charge in [-0.2, -0.15) is 0 Å². The summed E-state index contributed by atoms with van der Waals surface area (Å²) in [5.41, 5.74) is 3.72. The quantitative estimate of drug-likeness (QED) is 0.621. The van der Waals surface area contributed by atoms with Crippen LogP contribution in [0.25, 0.3) is 6.08 Å². The highest BCUT2D eigenvalue weighted by Gasteiger charge is 2.17. The van der Waals surface area contributed by atoms with Crippen molar-refractivity contribution < 1.29 is 4.79 Å². The lowest BCUT2D eigenvalue weighted by Gasteiger charge is -2.18. The molecule has 0 N–H and O–H groups in total. The van der Waals surface area contributed by atoms with Crippen LogP contribution in [-0.4, -0.2) is 28.7 Å². The predicted octanol–water partition coefficient (Wildman–Crippen LogP) is 3.59. The van der Waals surface area contributed by atoms with Gasteiger partial charge in [-0.25, -0.2) is 0 Å². The lowest BCUT2D eigenvalue weighted by molar-refractivity contribution is 0.104. The summed E-state index contributed by atoms with van der Waals surface area (Å²) in [5.74, 6) is 0.0992. The molecule has 2 aromatic carbocycles. The molecular weight excluding hydrogens is 286 g/mol. The SMILES string of the molecule is C=Cc1ccc(C(=O)c2ccc(N(C)C)cc2[Si](C)C)cc1. The Bertz CT molecular complexity index is 687. The van der Waals surface area contributed by atoms with Crippen LogP contribution in [0.4, 0.5) is 5.69 Å². The van der Waals surface area contributed by atoms with Crippen molar-refractivity contribution in [2.45, 2.75) is 13.1 Å². The van der Waals surface area contributed by atoms with Gasteiger partial charge >= 0.3 is 0 Å². The minimum atomic E-state index is -0.725. The maximum Gasteiger partial charge on any atom is 0.192 e. The minimum Gasteiger partial charge on any atom is -0.378 e. The van der Waals surface area contributed by atoms with Crippen LogP contribution in [0, 0.1) is 0 Å². The first-order chi connectivity index (χ1) is 10.4. The van der Waals surface area contributed by atoms with Gasteiger partial charge in [-0.05, 0) is 28.9 Å². The third-order valence-corrected chi connectivity index (χ3v) is 5.20. The zero-order chi connectivity index (χ0) is 16.3. The number of ketones is 1. The molecule has 0 aliphatic carbocycles. The monoisotopic (exact) mass is 308 g/mol. The van der Waals surface area contributed by atoms with Crippen molar-refractivity contribution in [3.05, 3.63) is 65.7 Å². The molecule has 0 amide bonds. The van der Waals surface area contributed by atoms with Crippen molar-refractivity contribution in [2.75, 3.05) is 19.0 Å². The average Bonchev–Trinajstić information content (AvgIpc) is 2.53. The highest BCUT2D eigenvalue weighted by molar-refractivity contribution is 6.72. The number of anilines is 1. The van der Waals surface area contributed by atoms with E-state index in [0.29, 0.717) is 0 Å². The molecule has 0 spiro atoms. The molecule has 0 aliphatic heterocycles. The Morgan fingerprint density at radius 2 is 1.73 bits per heavy atom. The topological polar surface area (TPSA) is 20.3 Å². The Balaban J connectivity index is 2.45. The van der Waals surface area contributed by atoms with Crippen LogP contribution in [0.2, 0.25) is 13.1 Å². The summed E-state index contributed by atoms with van der Waals surface area (Å²) in [4.78, 5) is 14.9. The molecule has 2 nitrogen and oxygen atoms in total. The Morgan fingerprint density at radius 3 is 2.23 bits per heavy atom. The smallest absolute Gasteiger partial charge is 0.192 e. The second kappa shape index (κ2) is 6.75.